The van der Waals surface area contributed by atoms with Crippen LogP contribution in [0.1, 0.15) is 42.5 Å². The molecule has 7 heteroatoms. The summed E-state index contributed by atoms with van der Waals surface area (Å²) in [6.07, 6.45) is 7.09. The number of aryl methyl sites for hydroxylation is 1. The number of likely N-dealkylation sites (tertiary alicyclic amines) is 1. The van der Waals surface area contributed by atoms with Crippen molar-refractivity contribution in [1.82, 2.24) is 19.9 Å². The summed E-state index contributed by atoms with van der Waals surface area (Å²) in [6, 6.07) is 15.8. The first-order chi connectivity index (χ1) is 16.6. The summed E-state index contributed by atoms with van der Waals surface area (Å²) in [6.45, 7) is 4.87. The molecule has 2 aliphatic rings. The zero-order valence-corrected chi connectivity index (χ0v) is 19.4. The first kappa shape index (κ1) is 22.0. The van der Waals surface area contributed by atoms with E-state index in [1.54, 1.807) is 18.5 Å². The van der Waals surface area contributed by atoms with E-state index in [-0.39, 0.29) is 11.3 Å². The third kappa shape index (κ3) is 4.36. The van der Waals surface area contributed by atoms with Crippen LogP contribution in [0, 0.1) is 23.7 Å². The fourth-order valence-corrected chi connectivity index (χ4v) is 5.29. The van der Waals surface area contributed by atoms with Crippen LogP contribution in [0.25, 0.3) is 11.4 Å². The number of piperidine rings is 2. The number of carbonyl (C=O) groups excluding carboxylic acids is 1. The molecule has 0 aliphatic carbocycles. The molecule has 1 amide bonds. The maximum Gasteiger partial charge on any atom is 0.229 e. The van der Waals surface area contributed by atoms with Gasteiger partial charge in [0.25, 0.3) is 0 Å². The maximum atomic E-state index is 13.7. The summed E-state index contributed by atoms with van der Waals surface area (Å²) < 4.78 is 0. The van der Waals surface area contributed by atoms with Crippen LogP contribution in [0.4, 0.5) is 5.82 Å². The van der Waals surface area contributed by atoms with Crippen LogP contribution in [0.2, 0.25) is 0 Å². The number of nitrogens with zero attached hydrogens (tertiary/aromatic N) is 6. The number of benzene rings is 1. The standard InChI is InChI=1S/C27H28N6O/c1-20-15-22(18-28)17-24(31-20)32-13-8-27(9-14-32)7-3-12-33(26(27)34)19-21-5-2-6-23(16-21)25-29-10-4-11-30-25/h2,4-6,10-11,15-17H,3,7-9,12-14,19H2,1H3. The Kier molecular flexibility index (Phi) is 5.97. The number of rotatable bonds is 4. The molecule has 34 heavy (non-hydrogen) atoms. The molecule has 0 bridgehead atoms. The van der Waals surface area contributed by atoms with Crippen LogP contribution < -0.4 is 4.90 Å². The normalized spacial score (nSPS) is 17.6. The molecule has 172 valence electrons. The minimum Gasteiger partial charge on any atom is -0.357 e. The Labute approximate surface area is 200 Å². The second-order valence-electron chi connectivity index (χ2n) is 9.34. The second kappa shape index (κ2) is 9.22. The lowest BCUT2D eigenvalue weighted by Gasteiger charge is -2.46. The van der Waals surface area contributed by atoms with Gasteiger partial charge in [0.1, 0.15) is 5.82 Å². The van der Waals surface area contributed by atoms with Gasteiger partial charge in [0.15, 0.2) is 5.82 Å². The van der Waals surface area contributed by atoms with Gasteiger partial charge in [0, 0.05) is 49.8 Å². The molecular weight excluding hydrogens is 424 g/mol. The van der Waals surface area contributed by atoms with E-state index < -0.39 is 0 Å². The summed E-state index contributed by atoms with van der Waals surface area (Å²) in [7, 11) is 0. The molecule has 2 aliphatic heterocycles. The van der Waals surface area contributed by atoms with Crippen molar-refractivity contribution in [2.45, 2.75) is 39.2 Å². The van der Waals surface area contributed by atoms with Crippen LogP contribution in [0.3, 0.4) is 0 Å². The number of nitriles is 1. The third-order valence-electron chi connectivity index (χ3n) is 7.06. The molecule has 1 spiro atoms. The minimum atomic E-state index is -0.295. The number of hydrogen-bond donors (Lipinski definition) is 0. The average Bonchev–Trinajstić information content (AvgIpc) is 2.88. The Bertz CT molecular complexity index is 1230. The van der Waals surface area contributed by atoms with Gasteiger partial charge in [0.2, 0.25) is 5.91 Å². The van der Waals surface area contributed by atoms with Gasteiger partial charge in [-0.25, -0.2) is 15.0 Å². The molecule has 2 fully saturated rings. The third-order valence-corrected chi connectivity index (χ3v) is 7.06. The highest BCUT2D eigenvalue weighted by atomic mass is 16.2. The summed E-state index contributed by atoms with van der Waals surface area (Å²) in [5, 5.41) is 9.30. The largest absolute Gasteiger partial charge is 0.357 e. The number of carbonyl (C=O) groups is 1. The summed E-state index contributed by atoms with van der Waals surface area (Å²) >= 11 is 0. The SMILES string of the molecule is Cc1cc(C#N)cc(N2CCC3(CCCN(Cc4cccc(-c5ncccn5)c4)C3=O)CC2)n1. The Morgan fingerprint density at radius 2 is 1.82 bits per heavy atom. The monoisotopic (exact) mass is 452 g/mol. The van der Waals surface area contributed by atoms with Crippen molar-refractivity contribution >= 4 is 11.7 Å². The van der Waals surface area contributed by atoms with Gasteiger partial charge in [-0.05, 0) is 62.4 Å². The van der Waals surface area contributed by atoms with E-state index in [4.69, 9.17) is 0 Å². The lowest BCUT2D eigenvalue weighted by Crippen LogP contribution is -2.53. The van der Waals surface area contributed by atoms with Crippen molar-refractivity contribution in [3.63, 3.8) is 0 Å². The van der Waals surface area contributed by atoms with Gasteiger partial charge < -0.3 is 9.80 Å². The summed E-state index contributed by atoms with van der Waals surface area (Å²) in [4.78, 5) is 31.3. The average molecular weight is 453 g/mol. The van der Waals surface area contributed by atoms with E-state index in [0.29, 0.717) is 17.9 Å². The van der Waals surface area contributed by atoms with Gasteiger partial charge >= 0.3 is 0 Å². The Morgan fingerprint density at radius 1 is 1.03 bits per heavy atom. The van der Waals surface area contributed by atoms with Crippen LogP contribution in [-0.4, -0.2) is 45.4 Å². The maximum absolute atomic E-state index is 13.7. The molecular formula is C27H28N6O. The first-order valence-electron chi connectivity index (χ1n) is 11.9. The summed E-state index contributed by atoms with van der Waals surface area (Å²) in [5.74, 6) is 1.81. The Hall–Kier alpha value is -3.79. The minimum absolute atomic E-state index is 0.273. The number of anilines is 1. The first-order valence-corrected chi connectivity index (χ1v) is 11.9. The van der Waals surface area contributed by atoms with Crippen LogP contribution >= 0.6 is 0 Å². The number of amides is 1. The van der Waals surface area contributed by atoms with Crippen molar-refractivity contribution in [2.24, 2.45) is 5.41 Å². The molecule has 0 atom stereocenters. The molecule has 2 aromatic heterocycles. The zero-order chi connectivity index (χ0) is 23.5. The Morgan fingerprint density at radius 3 is 2.59 bits per heavy atom. The molecule has 0 radical (unpaired) electrons. The molecule has 1 aromatic carbocycles. The highest BCUT2D eigenvalue weighted by Gasteiger charge is 2.45. The van der Waals surface area contributed by atoms with E-state index in [0.717, 1.165) is 68.0 Å². The molecule has 2 saturated heterocycles. The van der Waals surface area contributed by atoms with Gasteiger partial charge in [0.05, 0.1) is 17.0 Å². The molecule has 0 N–H and O–H groups in total. The molecule has 0 saturated carbocycles. The predicted molar refractivity (Wildman–Crippen MR) is 130 cm³/mol. The van der Waals surface area contributed by atoms with E-state index in [9.17, 15) is 10.1 Å². The molecule has 5 rings (SSSR count). The number of aromatic nitrogens is 3. The smallest absolute Gasteiger partial charge is 0.229 e. The van der Waals surface area contributed by atoms with Crippen molar-refractivity contribution in [3.8, 4) is 17.5 Å². The Balaban J connectivity index is 1.28. The van der Waals surface area contributed by atoms with Gasteiger partial charge in [-0.15, -0.1) is 0 Å². The highest BCUT2D eigenvalue weighted by Crippen LogP contribution is 2.42. The van der Waals surface area contributed by atoms with Crippen LogP contribution in [-0.2, 0) is 11.3 Å². The van der Waals surface area contributed by atoms with Crippen molar-refractivity contribution < 1.29 is 4.79 Å². The fraction of sp³-hybridized carbons (Fsp3) is 0.370. The molecule has 7 nitrogen and oxygen atoms in total. The fourth-order valence-electron chi connectivity index (χ4n) is 5.29. The van der Waals surface area contributed by atoms with Gasteiger partial charge in [-0.1, -0.05) is 18.2 Å². The molecule has 0 unspecified atom stereocenters. The second-order valence-corrected chi connectivity index (χ2v) is 9.34. The van der Waals surface area contributed by atoms with Crippen molar-refractivity contribution in [1.29, 1.82) is 5.26 Å². The van der Waals surface area contributed by atoms with Crippen LogP contribution in [0.15, 0.2) is 54.9 Å². The highest BCUT2D eigenvalue weighted by molar-refractivity contribution is 5.84. The van der Waals surface area contributed by atoms with Crippen molar-refractivity contribution in [3.05, 3.63) is 71.7 Å². The molecule has 4 heterocycles. The van der Waals surface area contributed by atoms with E-state index >= 15 is 0 Å². The lowest BCUT2D eigenvalue weighted by molar-refractivity contribution is -0.148. The number of hydrogen-bond acceptors (Lipinski definition) is 6. The van der Waals surface area contributed by atoms with Gasteiger partial charge in [-0.2, -0.15) is 5.26 Å². The molecule has 3 aromatic rings. The zero-order valence-electron chi connectivity index (χ0n) is 19.4. The van der Waals surface area contributed by atoms with Crippen LogP contribution in [0.5, 0.6) is 0 Å². The number of pyridine rings is 1. The summed E-state index contributed by atoms with van der Waals surface area (Å²) in [5.41, 5.74) is 3.24. The lowest BCUT2D eigenvalue weighted by atomic mass is 9.71. The topological polar surface area (TPSA) is 86.0 Å². The van der Waals surface area contributed by atoms with E-state index in [1.807, 2.05) is 36.1 Å². The van der Waals surface area contributed by atoms with Crippen molar-refractivity contribution in [2.75, 3.05) is 24.5 Å². The van der Waals surface area contributed by atoms with Gasteiger partial charge in [-0.3, -0.25) is 4.79 Å². The predicted octanol–water partition coefficient (Wildman–Crippen LogP) is 4.13. The van der Waals surface area contributed by atoms with E-state index in [2.05, 4.69) is 38.1 Å². The van der Waals surface area contributed by atoms with E-state index in [1.165, 1.54) is 0 Å². The quantitative estimate of drug-likeness (QED) is 0.592.